The van der Waals surface area contributed by atoms with Crippen molar-refractivity contribution < 1.29 is 4.79 Å². The van der Waals surface area contributed by atoms with Crippen LogP contribution in [-0.2, 0) is 4.79 Å². The van der Waals surface area contributed by atoms with Gasteiger partial charge in [-0.05, 0) is 0 Å². The van der Waals surface area contributed by atoms with Gasteiger partial charge in [0, 0.05) is 54.6 Å². The zero-order valence-corrected chi connectivity index (χ0v) is 12.1. The number of hydrogen-bond acceptors (Lipinski definition) is 5. The van der Waals surface area contributed by atoms with E-state index in [2.05, 4.69) is 22.5 Å². The molecule has 0 aliphatic carbocycles. The normalized spacial score (nSPS) is 21.5. The Morgan fingerprint density at radius 3 is 3.28 bits per heavy atom. The van der Waals surface area contributed by atoms with E-state index in [1.54, 1.807) is 11.3 Å². The highest BCUT2D eigenvalue weighted by Gasteiger charge is 2.17. The van der Waals surface area contributed by atoms with Crippen molar-refractivity contribution in [2.45, 2.75) is 25.3 Å². The molecule has 0 bridgehead atoms. The zero-order valence-electron chi connectivity index (χ0n) is 10.5. The molecule has 0 saturated carbocycles. The van der Waals surface area contributed by atoms with Crippen LogP contribution in [0.3, 0.4) is 0 Å². The SMILES string of the molecule is CC(CNC(=O)CC1CSCCN1)c1nccs1. The Morgan fingerprint density at radius 1 is 1.72 bits per heavy atom. The highest BCUT2D eigenvalue weighted by Crippen LogP contribution is 2.16. The fourth-order valence-corrected chi connectivity index (χ4v) is 3.53. The summed E-state index contributed by atoms with van der Waals surface area (Å²) < 4.78 is 0. The van der Waals surface area contributed by atoms with Crippen LogP contribution in [-0.4, -0.2) is 41.5 Å². The van der Waals surface area contributed by atoms with Crippen LogP contribution in [0.5, 0.6) is 0 Å². The van der Waals surface area contributed by atoms with Crippen LogP contribution in [0.4, 0.5) is 0 Å². The Balaban J connectivity index is 1.68. The number of carbonyl (C=O) groups is 1. The predicted octanol–water partition coefficient (Wildman–Crippen LogP) is 1.46. The van der Waals surface area contributed by atoms with Crippen molar-refractivity contribution in [3.8, 4) is 0 Å². The predicted molar refractivity (Wildman–Crippen MR) is 77.3 cm³/mol. The molecule has 1 aliphatic rings. The molecule has 1 aromatic heterocycles. The highest BCUT2D eigenvalue weighted by atomic mass is 32.2. The van der Waals surface area contributed by atoms with Gasteiger partial charge in [0.05, 0.1) is 5.01 Å². The van der Waals surface area contributed by atoms with Gasteiger partial charge in [0.1, 0.15) is 0 Å². The molecule has 1 saturated heterocycles. The number of carbonyl (C=O) groups excluding carboxylic acids is 1. The van der Waals surface area contributed by atoms with E-state index in [0.29, 0.717) is 24.9 Å². The van der Waals surface area contributed by atoms with Crippen LogP contribution in [0.15, 0.2) is 11.6 Å². The van der Waals surface area contributed by atoms with E-state index in [-0.39, 0.29) is 5.91 Å². The van der Waals surface area contributed by atoms with Gasteiger partial charge in [-0.1, -0.05) is 6.92 Å². The Morgan fingerprint density at radius 2 is 2.61 bits per heavy atom. The van der Waals surface area contributed by atoms with Crippen molar-refractivity contribution >= 4 is 29.0 Å². The second-order valence-corrected chi connectivity index (χ2v) is 6.58. The van der Waals surface area contributed by atoms with Crippen LogP contribution >= 0.6 is 23.1 Å². The molecule has 6 heteroatoms. The second-order valence-electron chi connectivity index (χ2n) is 4.51. The molecule has 0 spiro atoms. The number of aromatic nitrogens is 1. The summed E-state index contributed by atoms with van der Waals surface area (Å²) in [6.07, 6.45) is 2.39. The van der Waals surface area contributed by atoms with Gasteiger partial charge >= 0.3 is 0 Å². The largest absolute Gasteiger partial charge is 0.355 e. The second kappa shape index (κ2) is 7.11. The maximum atomic E-state index is 11.8. The molecule has 2 unspecified atom stereocenters. The molecule has 1 fully saturated rings. The van der Waals surface area contributed by atoms with Crippen LogP contribution in [0.1, 0.15) is 24.3 Å². The van der Waals surface area contributed by atoms with Gasteiger partial charge in [-0.25, -0.2) is 4.98 Å². The van der Waals surface area contributed by atoms with Crippen LogP contribution < -0.4 is 10.6 Å². The summed E-state index contributed by atoms with van der Waals surface area (Å²) in [6.45, 7) is 3.78. The lowest BCUT2D eigenvalue weighted by Gasteiger charge is -2.22. The summed E-state index contributed by atoms with van der Waals surface area (Å²) >= 11 is 3.56. The number of amides is 1. The summed E-state index contributed by atoms with van der Waals surface area (Å²) in [7, 11) is 0. The number of nitrogens with zero attached hydrogens (tertiary/aromatic N) is 1. The van der Waals surface area contributed by atoms with Crippen molar-refractivity contribution in [3.63, 3.8) is 0 Å². The maximum absolute atomic E-state index is 11.8. The highest BCUT2D eigenvalue weighted by molar-refractivity contribution is 7.99. The fourth-order valence-electron chi connectivity index (χ4n) is 1.88. The van der Waals surface area contributed by atoms with Gasteiger partial charge in [0.25, 0.3) is 0 Å². The Hall–Kier alpha value is -0.590. The molecule has 2 atom stereocenters. The van der Waals surface area contributed by atoms with Crippen molar-refractivity contribution in [2.75, 3.05) is 24.6 Å². The smallest absolute Gasteiger partial charge is 0.221 e. The van der Waals surface area contributed by atoms with E-state index < -0.39 is 0 Å². The molecule has 1 amide bonds. The number of hydrogen-bond donors (Lipinski definition) is 2. The lowest BCUT2D eigenvalue weighted by atomic mass is 10.2. The molecule has 0 aromatic carbocycles. The number of thiazole rings is 1. The summed E-state index contributed by atoms with van der Waals surface area (Å²) in [5, 5.41) is 9.42. The van der Waals surface area contributed by atoms with Crippen LogP contribution in [0, 0.1) is 0 Å². The standard InChI is InChI=1S/C12H19N3OS2/c1-9(12-14-3-5-18-12)7-15-11(16)6-10-8-17-4-2-13-10/h3,5,9-10,13H,2,4,6-8H2,1H3,(H,15,16). The molecule has 1 aliphatic heterocycles. The van der Waals surface area contributed by atoms with Crippen molar-refractivity contribution in [1.82, 2.24) is 15.6 Å². The van der Waals surface area contributed by atoms with Gasteiger partial charge in [0.2, 0.25) is 5.91 Å². The minimum atomic E-state index is 0.137. The lowest BCUT2D eigenvalue weighted by Crippen LogP contribution is -2.41. The third-order valence-electron chi connectivity index (χ3n) is 2.91. The summed E-state index contributed by atoms with van der Waals surface area (Å²) in [4.78, 5) is 16.1. The topological polar surface area (TPSA) is 54.0 Å². The van der Waals surface area contributed by atoms with Crippen molar-refractivity contribution in [1.29, 1.82) is 0 Å². The van der Waals surface area contributed by atoms with E-state index >= 15 is 0 Å². The van der Waals surface area contributed by atoms with Crippen LogP contribution in [0.25, 0.3) is 0 Å². The van der Waals surface area contributed by atoms with Gasteiger partial charge < -0.3 is 10.6 Å². The Kier molecular flexibility index (Phi) is 5.46. The first-order valence-electron chi connectivity index (χ1n) is 6.23. The molecule has 100 valence electrons. The minimum absolute atomic E-state index is 0.137. The molecule has 2 rings (SSSR count). The molecule has 18 heavy (non-hydrogen) atoms. The fraction of sp³-hybridized carbons (Fsp3) is 0.667. The third kappa shape index (κ3) is 4.26. The van der Waals surface area contributed by atoms with Crippen LogP contribution in [0.2, 0.25) is 0 Å². The first kappa shape index (κ1) is 13.8. The molecule has 2 N–H and O–H groups in total. The summed E-state index contributed by atoms with van der Waals surface area (Å²) in [5.74, 6) is 2.62. The first-order valence-corrected chi connectivity index (χ1v) is 8.26. The monoisotopic (exact) mass is 285 g/mol. The summed E-state index contributed by atoms with van der Waals surface area (Å²) in [6, 6.07) is 0.332. The van der Waals surface area contributed by atoms with Crippen molar-refractivity contribution in [2.24, 2.45) is 0 Å². The number of rotatable bonds is 5. The van der Waals surface area contributed by atoms with Crippen molar-refractivity contribution in [3.05, 3.63) is 16.6 Å². The quantitative estimate of drug-likeness (QED) is 0.860. The molecule has 0 radical (unpaired) electrons. The summed E-state index contributed by atoms with van der Waals surface area (Å²) in [5.41, 5.74) is 0. The number of nitrogens with one attached hydrogen (secondary N) is 2. The molecular formula is C12H19N3OS2. The van der Waals surface area contributed by atoms with Gasteiger partial charge in [-0.3, -0.25) is 4.79 Å². The maximum Gasteiger partial charge on any atom is 0.221 e. The Bertz CT molecular complexity index is 363. The molecule has 2 heterocycles. The zero-order chi connectivity index (χ0) is 12.8. The molecular weight excluding hydrogens is 266 g/mol. The third-order valence-corrected chi connectivity index (χ3v) is 5.05. The van der Waals surface area contributed by atoms with Gasteiger partial charge in [-0.2, -0.15) is 11.8 Å². The van der Waals surface area contributed by atoms with Gasteiger partial charge in [-0.15, -0.1) is 11.3 Å². The average Bonchev–Trinajstić information content (AvgIpc) is 2.91. The van der Waals surface area contributed by atoms with Gasteiger partial charge in [0.15, 0.2) is 0 Å². The van der Waals surface area contributed by atoms with E-state index in [9.17, 15) is 4.79 Å². The molecule has 4 nitrogen and oxygen atoms in total. The Labute approximate surface area is 116 Å². The number of thioether (sulfide) groups is 1. The first-order chi connectivity index (χ1) is 8.75. The van der Waals surface area contributed by atoms with E-state index in [4.69, 9.17) is 0 Å². The van der Waals surface area contributed by atoms with E-state index in [1.807, 2.05) is 23.3 Å². The van der Waals surface area contributed by atoms with E-state index in [0.717, 1.165) is 23.1 Å². The van der Waals surface area contributed by atoms with E-state index in [1.165, 1.54) is 0 Å². The lowest BCUT2D eigenvalue weighted by molar-refractivity contribution is -0.121. The molecule has 1 aromatic rings. The average molecular weight is 285 g/mol. The minimum Gasteiger partial charge on any atom is -0.355 e.